The molecular formula is C14H11N3OS. The Labute approximate surface area is 115 Å². The SMILES string of the molecule is CN(N=C1C(=O)c2cccc3cccc1c23)C(N)=S. The minimum absolute atomic E-state index is 0.0881. The van der Waals surface area contributed by atoms with Gasteiger partial charge in [0.2, 0.25) is 5.78 Å². The lowest BCUT2D eigenvalue weighted by Gasteiger charge is -2.10. The molecule has 4 nitrogen and oxygen atoms in total. The van der Waals surface area contributed by atoms with Gasteiger partial charge in [-0.05, 0) is 17.6 Å². The van der Waals surface area contributed by atoms with Gasteiger partial charge >= 0.3 is 0 Å². The molecule has 0 fully saturated rings. The highest BCUT2D eigenvalue weighted by Crippen LogP contribution is 2.31. The Kier molecular flexibility index (Phi) is 2.57. The number of Topliss-reactive ketones (excluding diaryl/α,β-unsaturated/α-hetero) is 1. The first kappa shape index (κ1) is 11.8. The zero-order valence-corrected chi connectivity index (χ0v) is 11.1. The van der Waals surface area contributed by atoms with E-state index in [2.05, 4.69) is 5.10 Å². The van der Waals surface area contributed by atoms with Gasteiger partial charge in [0.1, 0.15) is 5.71 Å². The van der Waals surface area contributed by atoms with E-state index in [4.69, 9.17) is 18.0 Å². The van der Waals surface area contributed by atoms with Crippen molar-refractivity contribution < 1.29 is 4.79 Å². The van der Waals surface area contributed by atoms with E-state index < -0.39 is 0 Å². The van der Waals surface area contributed by atoms with Crippen molar-refractivity contribution in [2.75, 3.05) is 7.05 Å². The molecule has 0 radical (unpaired) electrons. The van der Waals surface area contributed by atoms with Gasteiger partial charge in [-0.25, -0.2) is 5.01 Å². The first-order valence-corrected chi connectivity index (χ1v) is 6.19. The Morgan fingerprint density at radius 3 is 2.47 bits per heavy atom. The Morgan fingerprint density at radius 2 is 1.84 bits per heavy atom. The van der Waals surface area contributed by atoms with Crippen LogP contribution < -0.4 is 5.73 Å². The second-order valence-corrected chi connectivity index (χ2v) is 4.77. The number of rotatable bonds is 1. The van der Waals surface area contributed by atoms with Crippen LogP contribution in [0.2, 0.25) is 0 Å². The van der Waals surface area contributed by atoms with Crippen LogP contribution in [0.15, 0.2) is 41.5 Å². The maximum absolute atomic E-state index is 12.4. The summed E-state index contributed by atoms with van der Waals surface area (Å²) >= 11 is 4.84. The number of nitrogens with two attached hydrogens (primary N) is 1. The molecule has 2 N–H and O–H groups in total. The summed E-state index contributed by atoms with van der Waals surface area (Å²) in [6.45, 7) is 0. The molecule has 0 unspecified atom stereocenters. The molecule has 0 aromatic heterocycles. The summed E-state index contributed by atoms with van der Waals surface area (Å²) in [5.41, 5.74) is 7.41. The van der Waals surface area contributed by atoms with Gasteiger partial charge in [-0.15, -0.1) is 0 Å². The number of nitrogens with zero attached hydrogens (tertiary/aromatic N) is 2. The van der Waals surface area contributed by atoms with Gasteiger partial charge in [-0.1, -0.05) is 36.4 Å². The molecule has 0 spiro atoms. The largest absolute Gasteiger partial charge is 0.375 e. The summed E-state index contributed by atoms with van der Waals surface area (Å²) in [6.07, 6.45) is 0. The first-order chi connectivity index (χ1) is 9.09. The maximum atomic E-state index is 12.4. The number of carbonyl (C=O) groups excluding carboxylic acids is 1. The van der Waals surface area contributed by atoms with E-state index in [9.17, 15) is 4.79 Å². The summed E-state index contributed by atoms with van der Waals surface area (Å²) < 4.78 is 0. The van der Waals surface area contributed by atoms with Crippen LogP contribution in [0.5, 0.6) is 0 Å². The van der Waals surface area contributed by atoms with Crippen molar-refractivity contribution in [3.63, 3.8) is 0 Å². The van der Waals surface area contributed by atoms with Crippen LogP contribution in [0.1, 0.15) is 15.9 Å². The Balaban J connectivity index is 2.26. The predicted octanol–water partition coefficient (Wildman–Crippen LogP) is 1.92. The third kappa shape index (κ3) is 1.70. The van der Waals surface area contributed by atoms with E-state index in [-0.39, 0.29) is 10.9 Å². The van der Waals surface area contributed by atoms with E-state index in [0.717, 1.165) is 16.3 Å². The zero-order valence-electron chi connectivity index (χ0n) is 10.3. The molecule has 3 rings (SSSR count). The monoisotopic (exact) mass is 269 g/mol. The van der Waals surface area contributed by atoms with Crippen LogP contribution in [0.25, 0.3) is 10.8 Å². The van der Waals surface area contributed by atoms with Crippen LogP contribution in [0.4, 0.5) is 0 Å². The molecule has 19 heavy (non-hydrogen) atoms. The highest BCUT2D eigenvalue weighted by molar-refractivity contribution is 7.80. The van der Waals surface area contributed by atoms with Crippen molar-refractivity contribution in [1.29, 1.82) is 0 Å². The number of ketones is 1. The van der Waals surface area contributed by atoms with Crippen LogP contribution in [-0.2, 0) is 0 Å². The second kappa shape index (κ2) is 4.13. The molecule has 0 heterocycles. The molecule has 5 heteroatoms. The van der Waals surface area contributed by atoms with E-state index in [1.165, 1.54) is 5.01 Å². The number of carbonyl (C=O) groups is 1. The molecule has 0 atom stereocenters. The van der Waals surface area contributed by atoms with Gasteiger partial charge in [-0.2, -0.15) is 5.10 Å². The topological polar surface area (TPSA) is 58.7 Å². The predicted molar refractivity (Wildman–Crippen MR) is 79.4 cm³/mol. The van der Waals surface area contributed by atoms with E-state index in [1.54, 1.807) is 7.05 Å². The van der Waals surface area contributed by atoms with Crippen LogP contribution in [-0.4, -0.2) is 28.7 Å². The van der Waals surface area contributed by atoms with E-state index >= 15 is 0 Å². The fourth-order valence-electron chi connectivity index (χ4n) is 2.28. The maximum Gasteiger partial charge on any atom is 0.214 e. The molecule has 2 aromatic carbocycles. The molecule has 0 bridgehead atoms. The molecule has 2 aromatic rings. The van der Waals surface area contributed by atoms with Gasteiger partial charge in [0.05, 0.1) is 0 Å². The van der Waals surface area contributed by atoms with E-state index in [1.807, 2.05) is 36.4 Å². The number of thiocarbonyl (C=S) groups is 1. The Bertz CT molecular complexity index is 746. The van der Waals surface area contributed by atoms with Crippen molar-refractivity contribution in [2.24, 2.45) is 10.8 Å². The van der Waals surface area contributed by atoms with Gasteiger partial charge in [0.15, 0.2) is 5.11 Å². The zero-order chi connectivity index (χ0) is 13.6. The lowest BCUT2D eigenvalue weighted by atomic mass is 10.1. The van der Waals surface area contributed by atoms with Crippen LogP contribution in [0.3, 0.4) is 0 Å². The van der Waals surface area contributed by atoms with Crippen molar-refractivity contribution in [1.82, 2.24) is 5.01 Å². The molecule has 0 aliphatic heterocycles. The molecule has 1 aliphatic rings. The summed E-state index contributed by atoms with van der Waals surface area (Å²) in [4.78, 5) is 12.4. The van der Waals surface area contributed by atoms with Crippen molar-refractivity contribution in [3.05, 3.63) is 47.5 Å². The minimum atomic E-state index is -0.0881. The van der Waals surface area contributed by atoms with Crippen LogP contribution in [0, 0.1) is 0 Å². The quantitative estimate of drug-likeness (QED) is 0.634. The molecule has 0 amide bonds. The van der Waals surface area contributed by atoms with Crippen molar-refractivity contribution in [2.45, 2.75) is 0 Å². The summed E-state index contributed by atoms with van der Waals surface area (Å²) in [5.74, 6) is -0.0881. The second-order valence-electron chi connectivity index (χ2n) is 4.35. The molecule has 94 valence electrons. The molecule has 1 aliphatic carbocycles. The smallest absolute Gasteiger partial charge is 0.214 e. The van der Waals surface area contributed by atoms with E-state index in [0.29, 0.717) is 11.3 Å². The highest BCUT2D eigenvalue weighted by atomic mass is 32.1. The Hall–Kier alpha value is -2.27. The van der Waals surface area contributed by atoms with Gasteiger partial charge in [0, 0.05) is 23.6 Å². The third-order valence-corrected chi connectivity index (χ3v) is 3.45. The van der Waals surface area contributed by atoms with Gasteiger partial charge < -0.3 is 5.73 Å². The standard InChI is InChI=1S/C14H11N3OS/c1-17(14(15)19)16-12-9-6-2-4-8-5-3-7-10(11(8)9)13(12)18/h2-7H,1H3,(H2,15,19). The van der Waals surface area contributed by atoms with Crippen molar-refractivity contribution >= 4 is 39.6 Å². The summed E-state index contributed by atoms with van der Waals surface area (Å²) in [7, 11) is 1.63. The van der Waals surface area contributed by atoms with Crippen molar-refractivity contribution in [3.8, 4) is 0 Å². The lowest BCUT2D eigenvalue weighted by Crippen LogP contribution is -2.29. The fourth-order valence-corrected chi connectivity index (χ4v) is 2.32. The molecule has 0 saturated carbocycles. The third-order valence-electron chi connectivity index (χ3n) is 3.19. The number of hydrogen-bond acceptors (Lipinski definition) is 3. The number of benzene rings is 2. The number of hydrazone groups is 1. The Morgan fingerprint density at radius 1 is 1.21 bits per heavy atom. The van der Waals surface area contributed by atoms with Gasteiger partial charge in [-0.3, -0.25) is 4.79 Å². The fraction of sp³-hybridized carbons (Fsp3) is 0.0714. The minimum Gasteiger partial charge on any atom is -0.375 e. The molecule has 0 saturated heterocycles. The summed E-state index contributed by atoms with van der Waals surface area (Å²) in [6, 6.07) is 11.5. The average Bonchev–Trinajstić information content (AvgIpc) is 2.67. The first-order valence-electron chi connectivity index (χ1n) is 5.78. The highest BCUT2D eigenvalue weighted by Gasteiger charge is 2.29. The average molecular weight is 269 g/mol. The van der Waals surface area contributed by atoms with Gasteiger partial charge in [0.25, 0.3) is 0 Å². The molecular weight excluding hydrogens is 258 g/mol. The number of hydrogen-bond donors (Lipinski definition) is 1. The normalized spacial score (nSPS) is 15.2. The van der Waals surface area contributed by atoms with Crippen LogP contribution >= 0.6 is 12.2 Å². The lowest BCUT2D eigenvalue weighted by molar-refractivity contribution is 0.106. The summed E-state index contributed by atoms with van der Waals surface area (Å²) in [5, 5.41) is 7.68.